The van der Waals surface area contributed by atoms with Gasteiger partial charge in [0.2, 0.25) is 11.8 Å². The predicted molar refractivity (Wildman–Crippen MR) is 89.5 cm³/mol. The first-order valence-corrected chi connectivity index (χ1v) is 8.75. The van der Waals surface area contributed by atoms with Gasteiger partial charge in [0.15, 0.2) is 0 Å². The molecule has 2 N–H and O–H groups in total. The molecular formula is C17H22ClN3O3. The molecule has 0 radical (unpaired) electrons. The third kappa shape index (κ3) is 4.84. The van der Waals surface area contributed by atoms with Gasteiger partial charge in [-0.15, -0.1) is 0 Å². The minimum atomic E-state index is -0.0566. The second-order valence-corrected chi connectivity index (χ2v) is 7.22. The average molecular weight is 352 g/mol. The van der Waals surface area contributed by atoms with Gasteiger partial charge >= 0.3 is 0 Å². The van der Waals surface area contributed by atoms with Crippen molar-refractivity contribution in [3.63, 3.8) is 0 Å². The van der Waals surface area contributed by atoms with Crippen LogP contribution in [0.1, 0.15) is 55.9 Å². The number of carbonyl (C=O) groups excluding carboxylic acids is 2. The molecule has 7 heteroatoms. The summed E-state index contributed by atoms with van der Waals surface area (Å²) in [4.78, 5) is 23.7. The highest BCUT2D eigenvalue weighted by Gasteiger charge is 2.32. The number of aromatic nitrogens is 1. The summed E-state index contributed by atoms with van der Waals surface area (Å²) in [5, 5.41) is 10.3. The van der Waals surface area contributed by atoms with Gasteiger partial charge in [-0.05, 0) is 32.1 Å². The molecule has 0 bridgehead atoms. The molecule has 24 heavy (non-hydrogen) atoms. The summed E-state index contributed by atoms with van der Waals surface area (Å²) >= 11 is 5.64. The Morgan fingerprint density at radius 1 is 1.21 bits per heavy atom. The molecule has 1 heterocycles. The SMILES string of the molecule is C=C(Cl)CCC(=O)NC1CC(NC(=O)Cc2cc(C3CC3)on2)C1. The Bertz CT molecular complexity index is 633. The Hall–Kier alpha value is -1.82. The molecule has 0 atom stereocenters. The zero-order valence-corrected chi connectivity index (χ0v) is 14.3. The van der Waals surface area contributed by atoms with Crippen LogP contribution < -0.4 is 10.6 Å². The number of halogens is 1. The Morgan fingerprint density at radius 2 is 1.88 bits per heavy atom. The summed E-state index contributed by atoms with van der Waals surface area (Å²) in [6.07, 6.45) is 4.88. The van der Waals surface area contributed by atoms with Gasteiger partial charge in [-0.1, -0.05) is 23.3 Å². The molecule has 2 aliphatic rings. The standard InChI is InChI=1S/C17H22ClN3O3/c1-10(18)2-5-16(22)19-12-6-13(7-12)20-17(23)9-14-8-15(24-21-14)11-3-4-11/h8,11-13H,1-7,9H2,(H,19,22)(H,20,23). The summed E-state index contributed by atoms with van der Waals surface area (Å²) in [5.41, 5.74) is 0.680. The van der Waals surface area contributed by atoms with Gasteiger partial charge < -0.3 is 15.2 Å². The molecule has 2 fully saturated rings. The number of rotatable bonds is 8. The van der Waals surface area contributed by atoms with Crippen molar-refractivity contribution in [3.8, 4) is 0 Å². The molecule has 1 aromatic rings. The van der Waals surface area contributed by atoms with Crippen LogP contribution in [0.5, 0.6) is 0 Å². The Morgan fingerprint density at radius 3 is 2.50 bits per heavy atom. The van der Waals surface area contributed by atoms with E-state index in [0.717, 1.165) is 31.4 Å². The molecule has 0 saturated heterocycles. The highest BCUT2D eigenvalue weighted by atomic mass is 35.5. The average Bonchev–Trinajstić information content (AvgIpc) is 3.23. The smallest absolute Gasteiger partial charge is 0.226 e. The number of amides is 2. The van der Waals surface area contributed by atoms with E-state index in [-0.39, 0.29) is 30.3 Å². The van der Waals surface area contributed by atoms with Crippen molar-refractivity contribution in [1.29, 1.82) is 0 Å². The zero-order valence-electron chi connectivity index (χ0n) is 13.5. The van der Waals surface area contributed by atoms with Crippen LogP contribution in [0, 0.1) is 0 Å². The lowest BCUT2D eigenvalue weighted by molar-refractivity contribution is -0.123. The van der Waals surface area contributed by atoms with Crippen LogP contribution in [0.3, 0.4) is 0 Å². The van der Waals surface area contributed by atoms with E-state index in [1.165, 1.54) is 0 Å². The van der Waals surface area contributed by atoms with Gasteiger partial charge in [0.1, 0.15) is 5.76 Å². The quantitative estimate of drug-likeness (QED) is 0.753. The number of nitrogens with one attached hydrogen (secondary N) is 2. The number of nitrogens with zero attached hydrogens (tertiary/aromatic N) is 1. The lowest BCUT2D eigenvalue weighted by Gasteiger charge is -2.36. The van der Waals surface area contributed by atoms with Gasteiger partial charge in [0.05, 0.1) is 12.1 Å². The minimum absolute atomic E-state index is 0.0261. The lowest BCUT2D eigenvalue weighted by atomic mass is 9.86. The van der Waals surface area contributed by atoms with E-state index in [4.69, 9.17) is 16.1 Å². The number of carbonyl (C=O) groups is 2. The first kappa shape index (κ1) is 17.0. The van der Waals surface area contributed by atoms with Crippen molar-refractivity contribution < 1.29 is 14.1 Å². The monoisotopic (exact) mass is 351 g/mol. The molecule has 130 valence electrons. The van der Waals surface area contributed by atoms with E-state index >= 15 is 0 Å². The van der Waals surface area contributed by atoms with Crippen molar-refractivity contribution in [2.45, 2.75) is 62.9 Å². The van der Waals surface area contributed by atoms with Crippen molar-refractivity contribution in [2.75, 3.05) is 0 Å². The minimum Gasteiger partial charge on any atom is -0.361 e. The van der Waals surface area contributed by atoms with Crippen LogP contribution in [0.2, 0.25) is 0 Å². The first-order valence-electron chi connectivity index (χ1n) is 8.37. The Labute approximate surface area is 146 Å². The summed E-state index contributed by atoms with van der Waals surface area (Å²) in [7, 11) is 0. The number of allylic oxidation sites excluding steroid dienone is 1. The maximum atomic E-state index is 12.0. The van der Waals surface area contributed by atoms with Crippen molar-refractivity contribution >= 4 is 23.4 Å². The van der Waals surface area contributed by atoms with Crippen molar-refractivity contribution in [2.24, 2.45) is 0 Å². The zero-order chi connectivity index (χ0) is 17.1. The Balaban J connectivity index is 1.32. The summed E-state index contributed by atoms with van der Waals surface area (Å²) in [6, 6.07) is 2.12. The van der Waals surface area contributed by atoms with Crippen LogP contribution in [-0.2, 0) is 16.0 Å². The fourth-order valence-electron chi connectivity index (χ4n) is 2.82. The highest BCUT2D eigenvalue weighted by Crippen LogP contribution is 2.40. The van der Waals surface area contributed by atoms with Crippen LogP contribution in [0.25, 0.3) is 0 Å². The van der Waals surface area contributed by atoms with Gasteiger partial charge in [-0.25, -0.2) is 0 Å². The van der Waals surface area contributed by atoms with Crippen LogP contribution in [0.15, 0.2) is 22.2 Å². The predicted octanol–water partition coefficient (Wildman–Crippen LogP) is 2.39. The Kier molecular flexibility index (Phi) is 5.23. The molecule has 2 saturated carbocycles. The van der Waals surface area contributed by atoms with Gasteiger partial charge in [-0.3, -0.25) is 9.59 Å². The number of hydrogen-bond acceptors (Lipinski definition) is 4. The molecule has 0 spiro atoms. The normalized spacial score (nSPS) is 22.5. The second-order valence-electron chi connectivity index (χ2n) is 6.69. The van der Waals surface area contributed by atoms with Crippen LogP contribution in [-0.4, -0.2) is 29.1 Å². The highest BCUT2D eigenvalue weighted by molar-refractivity contribution is 6.29. The van der Waals surface area contributed by atoms with Gasteiger partial charge in [0.25, 0.3) is 0 Å². The van der Waals surface area contributed by atoms with Gasteiger partial charge in [-0.2, -0.15) is 0 Å². The summed E-state index contributed by atoms with van der Waals surface area (Å²) in [6.45, 7) is 3.56. The molecule has 1 aromatic heterocycles. The molecular weight excluding hydrogens is 330 g/mol. The largest absolute Gasteiger partial charge is 0.361 e. The summed E-state index contributed by atoms with van der Waals surface area (Å²) in [5.74, 6) is 1.31. The maximum absolute atomic E-state index is 12.0. The van der Waals surface area contributed by atoms with E-state index < -0.39 is 0 Å². The molecule has 0 aromatic carbocycles. The van der Waals surface area contributed by atoms with Crippen molar-refractivity contribution in [1.82, 2.24) is 15.8 Å². The fourth-order valence-corrected chi connectivity index (χ4v) is 2.91. The summed E-state index contributed by atoms with van der Waals surface area (Å²) < 4.78 is 5.24. The van der Waals surface area contributed by atoms with E-state index in [1.807, 2.05) is 6.07 Å². The van der Waals surface area contributed by atoms with Crippen molar-refractivity contribution in [3.05, 3.63) is 29.1 Å². The van der Waals surface area contributed by atoms with Crippen LogP contribution in [0.4, 0.5) is 0 Å². The third-order valence-corrected chi connectivity index (χ3v) is 4.58. The third-order valence-electron chi connectivity index (χ3n) is 4.39. The molecule has 2 aliphatic carbocycles. The van der Waals surface area contributed by atoms with E-state index in [2.05, 4.69) is 22.4 Å². The van der Waals surface area contributed by atoms with E-state index in [0.29, 0.717) is 29.5 Å². The number of hydrogen-bond donors (Lipinski definition) is 2. The molecule has 2 amide bonds. The second kappa shape index (κ2) is 7.38. The van der Waals surface area contributed by atoms with E-state index in [1.54, 1.807) is 0 Å². The fraction of sp³-hybridized carbons (Fsp3) is 0.588. The van der Waals surface area contributed by atoms with Crippen LogP contribution >= 0.6 is 11.6 Å². The molecule has 0 aliphatic heterocycles. The lowest BCUT2D eigenvalue weighted by Crippen LogP contribution is -2.54. The molecule has 3 rings (SSSR count). The molecule has 0 unspecified atom stereocenters. The van der Waals surface area contributed by atoms with Gasteiger partial charge in [0, 0.05) is 35.5 Å². The molecule has 6 nitrogen and oxygen atoms in total. The van der Waals surface area contributed by atoms with E-state index in [9.17, 15) is 9.59 Å². The topological polar surface area (TPSA) is 84.2 Å². The first-order chi connectivity index (χ1) is 11.5. The maximum Gasteiger partial charge on any atom is 0.226 e.